The first-order valence-electron chi connectivity index (χ1n) is 15.8. The first kappa shape index (κ1) is 33.5. The highest BCUT2D eigenvalue weighted by molar-refractivity contribution is 5.71. The van der Waals surface area contributed by atoms with Crippen molar-refractivity contribution in [3.8, 4) is 0 Å². The van der Waals surface area contributed by atoms with Crippen molar-refractivity contribution in [2.24, 2.45) is 11.8 Å². The smallest absolute Gasteiger partial charge is 0.308 e. The molecule has 0 aliphatic heterocycles. The summed E-state index contributed by atoms with van der Waals surface area (Å²) in [7, 11) is 0. The van der Waals surface area contributed by atoms with Crippen LogP contribution in [0.5, 0.6) is 0 Å². The Balaban J connectivity index is 3.91. The molecule has 0 aliphatic carbocycles. The van der Waals surface area contributed by atoms with E-state index in [4.69, 9.17) is 4.74 Å². The zero-order chi connectivity index (χ0) is 25.1. The molecule has 0 aromatic carbocycles. The highest BCUT2D eigenvalue weighted by Crippen LogP contribution is 2.21. The van der Waals surface area contributed by atoms with Crippen LogP contribution < -0.4 is 0 Å². The lowest BCUT2D eigenvalue weighted by Gasteiger charge is -2.18. The van der Waals surface area contributed by atoms with Gasteiger partial charge in [-0.05, 0) is 25.2 Å². The van der Waals surface area contributed by atoms with E-state index in [-0.39, 0.29) is 11.9 Å². The first-order chi connectivity index (χ1) is 16.7. The van der Waals surface area contributed by atoms with Crippen LogP contribution in [-0.2, 0) is 9.53 Å². The molecule has 0 radical (unpaired) electrons. The number of hydrogen-bond donors (Lipinski definition) is 0. The number of esters is 1. The summed E-state index contributed by atoms with van der Waals surface area (Å²) in [4.78, 5) is 12.2. The van der Waals surface area contributed by atoms with E-state index in [1.54, 1.807) is 0 Å². The second-order valence-corrected chi connectivity index (χ2v) is 11.1. The van der Waals surface area contributed by atoms with Gasteiger partial charge in [-0.15, -0.1) is 0 Å². The van der Waals surface area contributed by atoms with Gasteiger partial charge in [0.1, 0.15) is 0 Å². The Hall–Kier alpha value is -0.530. The number of carbonyl (C=O) groups is 1. The largest absolute Gasteiger partial charge is 0.465 e. The van der Waals surface area contributed by atoms with Gasteiger partial charge in [0.05, 0.1) is 12.5 Å². The van der Waals surface area contributed by atoms with Crippen molar-refractivity contribution in [3.05, 3.63) is 0 Å². The van der Waals surface area contributed by atoms with Gasteiger partial charge in [0.15, 0.2) is 0 Å². The summed E-state index contributed by atoms with van der Waals surface area (Å²) in [6.45, 7) is 9.28. The zero-order valence-corrected chi connectivity index (χ0v) is 24.1. The normalized spacial score (nSPS) is 13.2. The molecular formula is C32H64O2. The first-order valence-corrected chi connectivity index (χ1v) is 15.8. The Morgan fingerprint density at radius 1 is 0.529 bits per heavy atom. The van der Waals surface area contributed by atoms with Crippen molar-refractivity contribution < 1.29 is 9.53 Å². The van der Waals surface area contributed by atoms with E-state index in [0.717, 1.165) is 6.42 Å². The van der Waals surface area contributed by atoms with Crippen LogP contribution in [0.15, 0.2) is 0 Å². The molecule has 0 saturated carbocycles. The standard InChI is InChI=1S/C32H64O2/c1-5-8-10-12-14-16-17-18-20-22-24-26-28-31(29-34-32(33)30(4)7-3)27-25-23-21-19-15-13-11-9-6-2/h30-31H,5-29H2,1-4H3. The summed E-state index contributed by atoms with van der Waals surface area (Å²) in [5, 5.41) is 0. The van der Waals surface area contributed by atoms with Crippen LogP contribution in [0.3, 0.4) is 0 Å². The zero-order valence-electron chi connectivity index (χ0n) is 24.1. The Morgan fingerprint density at radius 2 is 0.853 bits per heavy atom. The topological polar surface area (TPSA) is 26.3 Å². The van der Waals surface area contributed by atoms with E-state index in [2.05, 4.69) is 20.8 Å². The van der Waals surface area contributed by atoms with E-state index in [0.29, 0.717) is 12.5 Å². The Morgan fingerprint density at radius 3 is 1.18 bits per heavy atom. The van der Waals surface area contributed by atoms with Gasteiger partial charge >= 0.3 is 5.97 Å². The molecule has 34 heavy (non-hydrogen) atoms. The monoisotopic (exact) mass is 480 g/mol. The van der Waals surface area contributed by atoms with Gasteiger partial charge in [-0.3, -0.25) is 4.79 Å². The molecule has 0 saturated heterocycles. The molecule has 2 unspecified atom stereocenters. The lowest BCUT2D eigenvalue weighted by atomic mass is 9.94. The number of ether oxygens (including phenoxy) is 1. The van der Waals surface area contributed by atoms with Crippen LogP contribution >= 0.6 is 0 Å². The maximum absolute atomic E-state index is 12.2. The number of hydrogen-bond acceptors (Lipinski definition) is 2. The number of rotatable bonds is 27. The second-order valence-electron chi connectivity index (χ2n) is 11.1. The van der Waals surface area contributed by atoms with E-state index < -0.39 is 0 Å². The van der Waals surface area contributed by atoms with Gasteiger partial charge in [-0.1, -0.05) is 163 Å². The van der Waals surface area contributed by atoms with Crippen LogP contribution in [0.1, 0.15) is 182 Å². The van der Waals surface area contributed by atoms with E-state index in [9.17, 15) is 4.79 Å². The summed E-state index contributed by atoms with van der Waals surface area (Å²) in [6, 6.07) is 0. The van der Waals surface area contributed by atoms with Gasteiger partial charge < -0.3 is 4.74 Å². The minimum absolute atomic E-state index is 0.00859. The predicted molar refractivity (Wildman–Crippen MR) is 151 cm³/mol. The highest BCUT2D eigenvalue weighted by Gasteiger charge is 2.16. The van der Waals surface area contributed by atoms with Gasteiger partial charge in [0.25, 0.3) is 0 Å². The Bertz CT molecular complexity index is 406. The third kappa shape index (κ3) is 23.2. The van der Waals surface area contributed by atoms with Gasteiger partial charge in [0.2, 0.25) is 0 Å². The fourth-order valence-electron chi connectivity index (χ4n) is 4.84. The number of carbonyl (C=O) groups excluding carboxylic acids is 1. The maximum atomic E-state index is 12.2. The SMILES string of the molecule is CCCCCCCCCCCCCCC(CCCCCCCCCCC)COC(=O)C(C)CC. The molecule has 0 amide bonds. The minimum atomic E-state index is 0.00859. The van der Waals surface area contributed by atoms with Crippen LogP contribution in [-0.4, -0.2) is 12.6 Å². The van der Waals surface area contributed by atoms with Crippen LogP contribution in [0.25, 0.3) is 0 Å². The summed E-state index contributed by atoms with van der Waals surface area (Å²) in [5.74, 6) is 0.620. The molecule has 2 nitrogen and oxygen atoms in total. The summed E-state index contributed by atoms with van der Waals surface area (Å²) in [6.07, 6.45) is 32.6. The molecule has 0 spiro atoms. The van der Waals surface area contributed by atoms with Gasteiger partial charge in [-0.2, -0.15) is 0 Å². The molecule has 0 aromatic rings. The van der Waals surface area contributed by atoms with Gasteiger partial charge in [-0.25, -0.2) is 0 Å². The Labute approximate surface area is 215 Å². The molecule has 0 N–H and O–H groups in total. The average molecular weight is 481 g/mol. The summed E-state index contributed by atoms with van der Waals surface area (Å²) < 4.78 is 5.71. The highest BCUT2D eigenvalue weighted by atomic mass is 16.5. The minimum Gasteiger partial charge on any atom is -0.465 e. The predicted octanol–water partition coefficient (Wildman–Crippen LogP) is 11.2. The Kier molecular flexibility index (Phi) is 26.6. The molecule has 0 aromatic heterocycles. The molecule has 2 heteroatoms. The number of unbranched alkanes of at least 4 members (excludes halogenated alkanes) is 19. The van der Waals surface area contributed by atoms with E-state index in [1.807, 2.05) is 6.92 Å². The van der Waals surface area contributed by atoms with Gasteiger partial charge in [0, 0.05) is 0 Å². The lowest BCUT2D eigenvalue weighted by Crippen LogP contribution is -2.19. The molecule has 0 rings (SSSR count). The summed E-state index contributed by atoms with van der Waals surface area (Å²) >= 11 is 0. The van der Waals surface area contributed by atoms with Crippen molar-refractivity contribution in [1.29, 1.82) is 0 Å². The molecule has 204 valence electrons. The van der Waals surface area contributed by atoms with Crippen LogP contribution in [0, 0.1) is 11.8 Å². The average Bonchev–Trinajstić information content (AvgIpc) is 2.85. The fourth-order valence-corrected chi connectivity index (χ4v) is 4.84. The summed E-state index contributed by atoms with van der Waals surface area (Å²) in [5.41, 5.74) is 0. The van der Waals surface area contributed by atoms with Crippen molar-refractivity contribution in [2.75, 3.05) is 6.61 Å². The van der Waals surface area contributed by atoms with E-state index >= 15 is 0 Å². The van der Waals surface area contributed by atoms with Crippen LogP contribution in [0.4, 0.5) is 0 Å². The van der Waals surface area contributed by atoms with Crippen molar-refractivity contribution in [2.45, 2.75) is 182 Å². The molecule has 0 bridgehead atoms. The maximum Gasteiger partial charge on any atom is 0.308 e. The molecule has 2 atom stereocenters. The third-order valence-electron chi connectivity index (χ3n) is 7.66. The molecule has 0 fully saturated rings. The van der Waals surface area contributed by atoms with Crippen LogP contribution in [0.2, 0.25) is 0 Å². The fraction of sp³-hybridized carbons (Fsp3) is 0.969. The van der Waals surface area contributed by atoms with Crippen molar-refractivity contribution >= 4 is 5.97 Å². The molecular weight excluding hydrogens is 416 g/mol. The molecule has 0 aliphatic rings. The lowest BCUT2D eigenvalue weighted by molar-refractivity contribution is -0.149. The molecule has 0 heterocycles. The van der Waals surface area contributed by atoms with Crippen molar-refractivity contribution in [1.82, 2.24) is 0 Å². The second kappa shape index (κ2) is 27.1. The van der Waals surface area contributed by atoms with Crippen molar-refractivity contribution in [3.63, 3.8) is 0 Å². The van der Waals surface area contributed by atoms with E-state index in [1.165, 1.54) is 148 Å². The third-order valence-corrected chi connectivity index (χ3v) is 7.66. The quantitative estimate of drug-likeness (QED) is 0.0862.